The van der Waals surface area contributed by atoms with Gasteiger partial charge in [0.05, 0.1) is 10.7 Å². The fourth-order valence-corrected chi connectivity index (χ4v) is 1.54. The molecule has 0 saturated carbocycles. The van der Waals surface area contributed by atoms with Crippen molar-refractivity contribution in [3.63, 3.8) is 0 Å². The molecular formula is C10H11ClN2. The summed E-state index contributed by atoms with van der Waals surface area (Å²) < 4.78 is 0. The quantitative estimate of drug-likeness (QED) is 0.731. The number of aliphatic imine (C=N–C) groups is 1. The second kappa shape index (κ2) is 3.79. The molecule has 1 heterocycles. The fraction of sp³-hybridized carbons (Fsp3) is 0.300. The fourth-order valence-electron chi connectivity index (χ4n) is 1.36. The van der Waals surface area contributed by atoms with Gasteiger partial charge in [-0.25, -0.2) is 0 Å². The summed E-state index contributed by atoms with van der Waals surface area (Å²) in [7, 11) is 0. The van der Waals surface area contributed by atoms with Crippen LogP contribution in [0, 0.1) is 0 Å². The van der Waals surface area contributed by atoms with Crippen molar-refractivity contribution in [1.82, 2.24) is 0 Å². The molecule has 0 bridgehead atoms. The van der Waals surface area contributed by atoms with E-state index in [0.29, 0.717) is 0 Å². The molecule has 0 atom stereocenters. The number of nitrogens with one attached hydrogen (secondary N) is 1. The van der Waals surface area contributed by atoms with E-state index in [1.807, 2.05) is 24.3 Å². The molecule has 1 aromatic carbocycles. The van der Waals surface area contributed by atoms with E-state index in [-0.39, 0.29) is 0 Å². The van der Waals surface area contributed by atoms with Crippen molar-refractivity contribution < 1.29 is 0 Å². The predicted molar refractivity (Wildman–Crippen MR) is 56.6 cm³/mol. The summed E-state index contributed by atoms with van der Waals surface area (Å²) >= 11 is 5.99. The van der Waals surface area contributed by atoms with Gasteiger partial charge in [0, 0.05) is 13.0 Å². The first-order valence-corrected chi connectivity index (χ1v) is 4.79. The van der Waals surface area contributed by atoms with Crippen molar-refractivity contribution in [3.8, 4) is 0 Å². The monoisotopic (exact) mass is 194 g/mol. The third-order valence-corrected chi connectivity index (χ3v) is 2.36. The number of halogens is 1. The molecule has 0 saturated heterocycles. The highest BCUT2D eigenvalue weighted by Gasteiger charge is 2.07. The summed E-state index contributed by atoms with van der Waals surface area (Å²) in [5.74, 6) is 1.05. The SMILES string of the molecule is Clc1ccccc1NC1=NCCC1. The van der Waals surface area contributed by atoms with Crippen molar-refractivity contribution in [3.05, 3.63) is 29.3 Å². The van der Waals surface area contributed by atoms with Crippen LogP contribution in [0.3, 0.4) is 0 Å². The Labute approximate surface area is 82.6 Å². The van der Waals surface area contributed by atoms with Crippen LogP contribution in [0.4, 0.5) is 5.69 Å². The van der Waals surface area contributed by atoms with Crippen LogP contribution in [0.2, 0.25) is 5.02 Å². The number of nitrogens with zero attached hydrogens (tertiary/aromatic N) is 1. The average Bonchev–Trinajstić information content (AvgIpc) is 2.61. The zero-order chi connectivity index (χ0) is 9.10. The van der Waals surface area contributed by atoms with E-state index in [4.69, 9.17) is 11.6 Å². The number of hydrogen-bond acceptors (Lipinski definition) is 2. The molecule has 13 heavy (non-hydrogen) atoms. The van der Waals surface area contributed by atoms with Crippen LogP contribution in [-0.4, -0.2) is 12.4 Å². The number of para-hydroxylation sites is 1. The Morgan fingerprint density at radius 1 is 1.31 bits per heavy atom. The topological polar surface area (TPSA) is 24.4 Å². The lowest BCUT2D eigenvalue weighted by Crippen LogP contribution is -2.08. The molecule has 0 fully saturated rings. The maximum Gasteiger partial charge on any atom is 0.101 e. The molecule has 0 unspecified atom stereocenters. The van der Waals surface area contributed by atoms with Gasteiger partial charge in [-0.3, -0.25) is 4.99 Å². The van der Waals surface area contributed by atoms with Crippen LogP contribution in [0.15, 0.2) is 29.3 Å². The van der Waals surface area contributed by atoms with Crippen molar-refractivity contribution in [1.29, 1.82) is 0 Å². The summed E-state index contributed by atoms with van der Waals surface area (Å²) in [4.78, 5) is 4.32. The second-order valence-corrected chi connectivity index (χ2v) is 3.44. The highest BCUT2D eigenvalue weighted by molar-refractivity contribution is 6.33. The standard InChI is InChI=1S/C10H11ClN2/c11-8-4-1-2-5-9(8)13-10-6-3-7-12-10/h1-2,4-5H,3,6-7H2,(H,12,13). The van der Waals surface area contributed by atoms with Gasteiger partial charge in [0.2, 0.25) is 0 Å². The molecule has 3 heteroatoms. The number of amidine groups is 1. The van der Waals surface area contributed by atoms with Crippen molar-refractivity contribution in [2.75, 3.05) is 11.9 Å². The van der Waals surface area contributed by atoms with Gasteiger partial charge >= 0.3 is 0 Å². The average molecular weight is 195 g/mol. The molecule has 0 aliphatic carbocycles. The molecular weight excluding hydrogens is 184 g/mol. The van der Waals surface area contributed by atoms with E-state index in [2.05, 4.69) is 10.3 Å². The van der Waals surface area contributed by atoms with Crippen molar-refractivity contribution >= 4 is 23.1 Å². The molecule has 1 aliphatic heterocycles. The Morgan fingerprint density at radius 2 is 2.15 bits per heavy atom. The van der Waals surface area contributed by atoms with Crippen LogP contribution >= 0.6 is 11.6 Å². The molecule has 2 nitrogen and oxygen atoms in total. The van der Waals surface area contributed by atoms with E-state index in [0.717, 1.165) is 35.9 Å². The van der Waals surface area contributed by atoms with Gasteiger partial charge in [-0.05, 0) is 18.6 Å². The summed E-state index contributed by atoms with van der Waals surface area (Å²) in [6.07, 6.45) is 2.18. The zero-order valence-electron chi connectivity index (χ0n) is 7.26. The normalized spacial score (nSPS) is 15.6. The number of anilines is 1. The van der Waals surface area contributed by atoms with Crippen LogP contribution in [0.1, 0.15) is 12.8 Å². The van der Waals surface area contributed by atoms with Crippen LogP contribution < -0.4 is 5.32 Å². The third-order valence-electron chi connectivity index (χ3n) is 2.03. The van der Waals surface area contributed by atoms with Gasteiger partial charge in [-0.2, -0.15) is 0 Å². The number of rotatable bonds is 1. The first-order chi connectivity index (χ1) is 6.36. The van der Waals surface area contributed by atoms with Gasteiger partial charge in [-0.15, -0.1) is 0 Å². The lowest BCUT2D eigenvalue weighted by Gasteiger charge is -2.06. The first kappa shape index (κ1) is 8.57. The molecule has 2 rings (SSSR count). The Bertz CT molecular complexity index is 333. The summed E-state index contributed by atoms with van der Waals surface area (Å²) in [5, 5.41) is 3.97. The smallest absolute Gasteiger partial charge is 0.101 e. The van der Waals surface area contributed by atoms with Gasteiger partial charge < -0.3 is 5.32 Å². The third kappa shape index (κ3) is 2.01. The first-order valence-electron chi connectivity index (χ1n) is 4.41. The largest absolute Gasteiger partial charge is 0.343 e. The van der Waals surface area contributed by atoms with E-state index < -0.39 is 0 Å². The molecule has 1 aliphatic rings. The Hall–Kier alpha value is -1.02. The van der Waals surface area contributed by atoms with E-state index in [1.165, 1.54) is 0 Å². The van der Waals surface area contributed by atoms with E-state index >= 15 is 0 Å². The Morgan fingerprint density at radius 3 is 2.85 bits per heavy atom. The lowest BCUT2D eigenvalue weighted by atomic mass is 10.3. The Kier molecular flexibility index (Phi) is 2.50. The molecule has 1 N–H and O–H groups in total. The predicted octanol–water partition coefficient (Wildman–Crippen LogP) is 2.94. The molecule has 0 aromatic heterocycles. The number of benzene rings is 1. The highest BCUT2D eigenvalue weighted by atomic mass is 35.5. The van der Waals surface area contributed by atoms with Crippen LogP contribution in [0.5, 0.6) is 0 Å². The summed E-state index contributed by atoms with van der Waals surface area (Å²) in [6.45, 7) is 0.937. The highest BCUT2D eigenvalue weighted by Crippen LogP contribution is 2.21. The minimum atomic E-state index is 0.747. The van der Waals surface area contributed by atoms with Crippen molar-refractivity contribution in [2.24, 2.45) is 4.99 Å². The lowest BCUT2D eigenvalue weighted by molar-refractivity contribution is 0.951. The van der Waals surface area contributed by atoms with Gasteiger partial charge in [0.15, 0.2) is 0 Å². The molecule has 68 valence electrons. The Balaban J connectivity index is 2.13. The van der Waals surface area contributed by atoms with E-state index in [9.17, 15) is 0 Å². The molecule has 0 amide bonds. The van der Waals surface area contributed by atoms with Gasteiger partial charge in [0.1, 0.15) is 5.84 Å². The van der Waals surface area contributed by atoms with Gasteiger partial charge in [-0.1, -0.05) is 23.7 Å². The van der Waals surface area contributed by atoms with E-state index in [1.54, 1.807) is 0 Å². The second-order valence-electron chi connectivity index (χ2n) is 3.04. The summed E-state index contributed by atoms with van der Waals surface area (Å²) in [6, 6.07) is 7.72. The minimum Gasteiger partial charge on any atom is -0.343 e. The number of hydrogen-bond donors (Lipinski definition) is 1. The molecule has 1 aromatic rings. The van der Waals surface area contributed by atoms with Gasteiger partial charge in [0.25, 0.3) is 0 Å². The maximum absolute atomic E-state index is 5.99. The molecule has 0 radical (unpaired) electrons. The van der Waals surface area contributed by atoms with Crippen LogP contribution in [-0.2, 0) is 0 Å². The summed E-state index contributed by atoms with van der Waals surface area (Å²) in [5.41, 5.74) is 0.949. The van der Waals surface area contributed by atoms with Crippen LogP contribution in [0.25, 0.3) is 0 Å². The van der Waals surface area contributed by atoms with Crippen molar-refractivity contribution in [2.45, 2.75) is 12.8 Å². The minimum absolute atomic E-state index is 0.747. The molecule has 0 spiro atoms. The maximum atomic E-state index is 5.99. The zero-order valence-corrected chi connectivity index (χ0v) is 8.01.